The molecule has 9 nitrogen and oxygen atoms in total. The molecule has 2 heterocycles. The number of imide groups is 1. The van der Waals surface area contributed by atoms with E-state index < -0.39 is 33.8 Å². The highest BCUT2D eigenvalue weighted by Gasteiger charge is 2.31. The van der Waals surface area contributed by atoms with Gasteiger partial charge >= 0.3 is 5.97 Å². The summed E-state index contributed by atoms with van der Waals surface area (Å²) in [6.45, 7) is 0. The van der Waals surface area contributed by atoms with Crippen molar-refractivity contribution in [3.05, 3.63) is 65.4 Å². The lowest BCUT2D eigenvalue weighted by Crippen LogP contribution is -2.42. The van der Waals surface area contributed by atoms with Gasteiger partial charge in [0.15, 0.2) is 0 Å². The van der Waals surface area contributed by atoms with Crippen LogP contribution in [-0.2, 0) is 21.2 Å². The molecular weight excluding hydrogens is 398 g/mol. The van der Waals surface area contributed by atoms with Crippen molar-refractivity contribution in [2.75, 3.05) is 0 Å². The van der Waals surface area contributed by atoms with E-state index in [4.69, 9.17) is 0 Å². The number of benzene rings is 2. The maximum Gasteiger partial charge on any atom is 0.322 e. The van der Waals surface area contributed by atoms with E-state index in [1.54, 1.807) is 12.3 Å². The minimum atomic E-state index is -4.26. The molecule has 1 aliphatic rings. The highest BCUT2D eigenvalue weighted by molar-refractivity contribution is 7.89. The highest BCUT2D eigenvalue weighted by atomic mass is 32.2. The molecule has 1 aliphatic heterocycles. The predicted molar refractivity (Wildman–Crippen MR) is 102 cm³/mol. The lowest BCUT2D eigenvalue weighted by atomic mass is 10.1. The number of hydrogen-bond acceptors (Lipinski definition) is 5. The van der Waals surface area contributed by atoms with Gasteiger partial charge in [-0.2, -0.15) is 4.72 Å². The van der Waals surface area contributed by atoms with Crippen molar-refractivity contribution in [1.82, 2.24) is 15.0 Å². The van der Waals surface area contributed by atoms with Crippen LogP contribution in [0.25, 0.3) is 10.9 Å². The van der Waals surface area contributed by atoms with Gasteiger partial charge in [-0.15, -0.1) is 0 Å². The first-order valence-corrected chi connectivity index (χ1v) is 10.0. The van der Waals surface area contributed by atoms with Crippen molar-refractivity contribution in [3.8, 4) is 0 Å². The van der Waals surface area contributed by atoms with E-state index >= 15 is 0 Å². The van der Waals surface area contributed by atoms with Crippen LogP contribution in [0.2, 0.25) is 0 Å². The van der Waals surface area contributed by atoms with Crippen molar-refractivity contribution >= 4 is 38.7 Å². The number of aromatic nitrogens is 1. The number of carboxylic acids is 1. The maximum absolute atomic E-state index is 12.7. The fraction of sp³-hybridized carbons (Fsp3) is 0.105. The summed E-state index contributed by atoms with van der Waals surface area (Å²) in [5.74, 6) is -2.65. The number of hydrogen-bond donors (Lipinski definition) is 4. The summed E-state index contributed by atoms with van der Waals surface area (Å²) in [4.78, 5) is 37.8. The summed E-state index contributed by atoms with van der Waals surface area (Å²) < 4.78 is 27.6. The van der Waals surface area contributed by atoms with Crippen LogP contribution in [0.3, 0.4) is 0 Å². The molecule has 0 bridgehead atoms. The Morgan fingerprint density at radius 2 is 1.79 bits per heavy atom. The van der Waals surface area contributed by atoms with Gasteiger partial charge < -0.3 is 10.1 Å². The first kappa shape index (κ1) is 18.8. The van der Waals surface area contributed by atoms with Crippen molar-refractivity contribution in [1.29, 1.82) is 0 Å². The molecule has 0 fully saturated rings. The SMILES string of the molecule is O=C1NC(=O)c2cc(S(=O)(=O)NC(Cc3c[nH]c4ccccc34)C(=O)O)ccc21. The molecule has 4 rings (SSSR count). The second-order valence-electron chi connectivity index (χ2n) is 6.57. The number of aromatic amines is 1. The van der Waals surface area contributed by atoms with Gasteiger partial charge in [0.05, 0.1) is 16.0 Å². The number of nitrogens with one attached hydrogen (secondary N) is 3. The van der Waals surface area contributed by atoms with Crippen LogP contribution in [0.15, 0.2) is 53.6 Å². The van der Waals surface area contributed by atoms with Gasteiger partial charge in [-0.25, -0.2) is 8.42 Å². The maximum atomic E-state index is 12.7. The van der Waals surface area contributed by atoms with Crippen molar-refractivity contribution in [2.24, 2.45) is 0 Å². The Hall–Kier alpha value is -3.50. The van der Waals surface area contributed by atoms with E-state index in [1.165, 1.54) is 6.07 Å². The van der Waals surface area contributed by atoms with Crippen molar-refractivity contribution in [2.45, 2.75) is 17.4 Å². The smallest absolute Gasteiger partial charge is 0.322 e. The second kappa shape index (κ2) is 6.83. The lowest BCUT2D eigenvalue weighted by Gasteiger charge is -2.15. The molecule has 1 atom stereocenters. The number of amides is 2. The molecule has 29 heavy (non-hydrogen) atoms. The van der Waals surface area contributed by atoms with Gasteiger partial charge in [0.2, 0.25) is 10.0 Å². The molecular formula is C19H15N3O6S. The Bertz CT molecular complexity index is 1280. The Balaban J connectivity index is 1.63. The van der Waals surface area contributed by atoms with E-state index in [9.17, 15) is 27.9 Å². The summed E-state index contributed by atoms with van der Waals surface area (Å²) >= 11 is 0. The molecule has 2 aromatic carbocycles. The van der Waals surface area contributed by atoms with E-state index in [2.05, 4.69) is 15.0 Å². The first-order chi connectivity index (χ1) is 13.8. The summed E-state index contributed by atoms with van der Waals surface area (Å²) in [6, 6.07) is 9.28. The predicted octanol–water partition coefficient (Wildman–Crippen LogP) is 1.03. The van der Waals surface area contributed by atoms with Crippen LogP contribution in [-0.4, -0.2) is 42.3 Å². The quantitative estimate of drug-likeness (QED) is 0.444. The van der Waals surface area contributed by atoms with Gasteiger partial charge in [0, 0.05) is 23.5 Å². The normalized spacial score (nSPS) is 14.6. The molecule has 0 radical (unpaired) electrons. The second-order valence-corrected chi connectivity index (χ2v) is 8.28. The van der Waals surface area contributed by atoms with Crippen LogP contribution in [0.4, 0.5) is 0 Å². The Kier molecular flexibility index (Phi) is 4.44. The Morgan fingerprint density at radius 1 is 1.07 bits per heavy atom. The van der Waals surface area contributed by atoms with Crippen LogP contribution in [0.1, 0.15) is 26.3 Å². The summed E-state index contributed by atoms with van der Waals surface area (Å²) in [7, 11) is -4.26. The third-order valence-electron chi connectivity index (χ3n) is 4.71. The number of carbonyl (C=O) groups excluding carboxylic acids is 2. The van der Waals surface area contributed by atoms with Crippen LogP contribution in [0.5, 0.6) is 0 Å². The number of H-pyrrole nitrogens is 1. The summed E-state index contributed by atoms with van der Waals surface area (Å²) in [5.41, 5.74) is 1.46. The van der Waals surface area contributed by atoms with Gasteiger partial charge in [0.25, 0.3) is 11.8 Å². The topological polar surface area (TPSA) is 145 Å². The fourth-order valence-corrected chi connectivity index (χ4v) is 4.48. The van der Waals surface area contributed by atoms with E-state index in [-0.39, 0.29) is 22.4 Å². The van der Waals surface area contributed by atoms with Crippen LogP contribution in [0, 0.1) is 0 Å². The number of rotatable bonds is 6. The lowest BCUT2D eigenvalue weighted by molar-refractivity contribution is -0.138. The zero-order valence-corrected chi connectivity index (χ0v) is 15.6. The molecule has 4 N–H and O–H groups in total. The summed E-state index contributed by atoms with van der Waals surface area (Å²) in [5, 5.41) is 12.4. The van der Waals surface area contributed by atoms with Gasteiger partial charge in [-0.05, 0) is 29.8 Å². The summed E-state index contributed by atoms with van der Waals surface area (Å²) in [6.07, 6.45) is 1.56. The van der Waals surface area contributed by atoms with Crippen molar-refractivity contribution in [3.63, 3.8) is 0 Å². The molecule has 1 aromatic heterocycles. The molecule has 0 saturated carbocycles. The fourth-order valence-electron chi connectivity index (χ4n) is 3.27. The minimum Gasteiger partial charge on any atom is -0.480 e. The number of sulfonamides is 1. The zero-order valence-electron chi connectivity index (χ0n) is 14.8. The van der Waals surface area contributed by atoms with Crippen molar-refractivity contribution < 1.29 is 27.9 Å². The van der Waals surface area contributed by atoms with E-state index in [1.807, 2.05) is 18.2 Å². The number of aliphatic carboxylic acids is 1. The molecule has 1 unspecified atom stereocenters. The van der Waals surface area contributed by atoms with Crippen LogP contribution < -0.4 is 10.0 Å². The zero-order chi connectivity index (χ0) is 20.8. The molecule has 2 amide bonds. The molecule has 3 aromatic rings. The average Bonchev–Trinajstić information content (AvgIpc) is 3.22. The molecule has 10 heteroatoms. The van der Waals surface area contributed by atoms with E-state index in [0.29, 0.717) is 5.56 Å². The molecule has 0 spiro atoms. The number of carboxylic acid groups (broad SMARTS) is 1. The average molecular weight is 413 g/mol. The number of carbonyl (C=O) groups is 3. The third kappa shape index (κ3) is 3.39. The van der Waals surface area contributed by atoms with Gasteiger partial charge in [-0.1, -0.05) is 18.2 Å². The third-order valence-corrected chi connectivity index (χ3v) is 6.18. The first-order valence-electron chi connectivity index (χ1n) is 8.56. The Morgan fingerprint density at radius 3 is 2.55 bits per heavy atom. The van der Waals surface area contributed by atoms with Gasteiger partial charge in [-0.3, -0.25) is 19.7 Å². The highest BCUT2D eigenvalue weighted by Crippen LogP contribution is 2.22. The molecule has 0 saturated heterocycles. The number of fused-ring (bicyclic) bond motifs is 2. The largest absolute Gasteiger partial charge is 0.480 e. The minimum absolute atomic E-state index is 0.0682. The van der Waals surface area contributed by atoms with Gasteiger partial charge in [0.1, 0.15) is 6.04 Å². The molecule has 148 valence electrons. The monoisotopic (exact) mass is 413 g/mol. The standard InChI is InChI=1S/C19H15N3O6S/c23-17-13-6-5-11(8-14(13)18(24)21-17)29(27,28)22-16(19(25)26)7-10-9-20-15-4-2-1-3-12(10)15/h1-6,8-9,16,20,22H,7H2,(H,25,26)(H,21,23,24). The van der Waals surface area contributed by atoms with Crippen LogP contribution >= 0.6 is 0 Å². The number of para-hydroxylation sites is 1. The Labute approximate surface area is 164 Å². The van der Waals surface area contributed by atoms with E-state index in [0.717, 1.165) is 23.0 Å². The molecule has 0 aliphatic carbocycles.